The van der Waals surface area contributed by atoms with Crippen molar-refractivity contribution in [1.29, 1.82) is 0 Å². The summed E-state index contributed by atoms with van der Waals surface area (Å²) < 4.78 is 20.0. The summed E-state index contributed by atoms with van der Waals surface area (Å²) in [6.45, 7) is 7.53. The van der Waals surface area contributed by atoms with E-state index in [0.29, 0.717) is 24.4 Å². The van der Waals surface area contributed by atoms with Gasteiger partial charge in [0.05, 0.1) is 18.8 Å². The van der Waals surface area contributed by atoms with Gasteiger partial charge in [-0.2, -0.15) is 0 Å². The highest BCUT2D eigenvalue weighted by atomic mass is 19.1. The third-order valence-electron chi connectivity index (χ3n) is 6.53. The molecule has 0 amide bonds. The van der Waals surface area contributed by atoms with Crippen LogP contribution in [0.15, 0.2) is 42.5 Å². The molecular weight excluding hydrogens is 421 g/mol. The molecule has 1 heterocycles. The van der Waals surface area contributed by atoms with Gasteiger partial charge in [0, 0.05) is 25.6 Å². The Morgan fingerprint density at radius 3 is 2.76 bits per heavy atom. The molecule has 1 saturated heterocycles. The van der Waals surface area contributed by atoms with Gasteiger partial charge in [-0.25, -0.2) is 4.39 Å². The van der Waals surface area contributed by atoms with Crippen molar-refractivity contribution in [3.05, 3.63) is 70.5 Å². The second-order valence-electron chi connectivity index (χ2n) is 9.46. The number of ether oxygens (including phenoxy) is 1. The number of carboxylic acid groups (broad SMARTS) is 1. The molecule has 1 unspecified atom stereocenters. The smallest absolute Gasteiger partial charge is 0.303 e. The van der Waals surface area contributed by atoms with Gasteiger partial charge in [-0.15, -0.1) is 0 Å². The molecule has 0 radical (unpaired) electrons. The average molecular weight is 458 g/mol. The molecule has 0 bridgehead atoms. The molecule has 4 atom stereocenters. The fourth-order valence-electron chi connectivity index (χ4n) is 4.78. The molecule has 1 aliphatic heterocycles. The van der Waals surface area contributed by atoms with E-state index in [1.165, 1.54) is 0 Å². The summed E-state index contributed by atoms with van der Waals surface area (Å²) in [7, 11) is 0. The monoisotopic (exact) mass is 457 g/mol. The van der Waals surface area contributed by atoms with Crippen LogP contribution in [0.1, 0.15) is 55.0 Å². The molecule has 1 fully saturated rings. The van der Waals surface area contributed by atoms with Crippen LogP contribution in [-0.4, -0.2) is 52.9 Å². The molecule has 0 saturated carbocycles. The maximum absolute atomic E-state index is 14.0. The number of hydrogen-bond acceptors (Lipinski definition) is 4. The number of aliphatic hydroxyl groups excluding tert-OH is 1. The largest absolute Gasteiger partial charge is 0.481 e. The number of carbonyl (C=O) groups is 1. The Labute approximate surface area is 196 Å². The Balaban J connectivity index is 1.54. The summed E-state index contributed by atoms with van der Waals surface area (Å²) in [5.74, 6) is -0.467. The number of likely N-dealkylation sites (tertiary alicyclic amines) is 1. The van der Waals surface area contributed by atoms with E-state index in [2.05, 4.69) is 11.8 Å². The molecule has 2 aromatic rings. The summed E-state index contributed by atoms with van der Waals surface area (Å²) in [5.41, 5.74) is 3.56. The number of benzene rings is 2. The van der Waals surface area contributed by atoms with Crippen LogP contribution in [0.5, 0.6) is 0 Å². The van der Waals surface area contributed by atoms with Crippen LogP contribution in [0.3, 0.4) is 0 Å². The zero-order valence-electron chi connectivity index (χ0n) is 19.8. The molecular formula is C27H36FNO4. The molecule has 6 heteroatoms. The minimum atomic E-state index is -0.823. The number of hydrogen-bond donors (Lipinski definition) is 2. The van der Waals surface area contributed by atoms with E-state index in [1.54, 1.807) is 13.0 Å². The number of rotatable bonds is 11. The highest BCUT2D eigenvalue weighted by Crippen LogP contribution is 2.27. The van der Waals surface area contributed by atoms with E-state index in [-0.39, 0.29) is 31.0 Å². The fourth-order valence-corrected chi connectivity index (χ4v) is 4.78. The summed E-state index contributed by atoms with van der Waals surface area (Å²) >= 11 is 0. The van der Waals surface area contributed by atoms with Crippen molar-refractivity contribution in [1.82, 2.24) is 4.90 Å². The zero-order chi connectivity index (χ0) is 24.0. The molecule has 0 spiro atoms. The fraction of sp³-hybridized carbons (Fsp3) is 0.519. The number of halogens is 1. The number of aliphatic hydroxyl groups is 1. The minimum absolute atomic E-state index is 0.0752. The quantitative estimate of drug-likeness (QED) is 0.518. The molecule has 3 rings (SSSR count). The second-order valence-corrected chi connectivity index (χ2v) is 9.46. The molecule has 1 aliphatic rings. The van der Waals surface area contributed by atoms with Crippen molar-refractivity contribution in [3.8, 4) is 0 Å². The zero-order valence-corrected chi connectivity index (χ0v) is 19.8. The Morgan fingerprint density at radius 1 is 1.27 bits per heavy atom. The van der Waals surface area contributed by atoms with E-state index in [0.717, 1.165) is 36.1 Å². The first kappa shape index (κ1) is 25.3. The van der Waals surface area contributed by atoms with Crippen LogP contribution in [0.25, 0.3) is 0 Å². The van der Waals surface area contributed by atoms with Crippen molar-refractivity contribution < 1.29 is 24.1 Å². The number of β-amino-alcohol motifs (C(OH)–C–C–N with tert-alkyl or cyclic N) is 1. The lowest BCUT2D eigenvalue weighted by Crippen LogP contribution is -2.39. The Hall–Kier alpha value is -2.28. The van der Waals surface area contributed by atoms with Crippen LogP contribution >= 0.6 is 0 Å². The normalized spacial score (nSPS) is 20.6. The molecule has 0 aromatic heterocycles. The first-order chi connectivity index (χ1) is 15.7. The van der Waals surface area contributed by atoms with E-state index >= 15 is 0 Å². The number of aryl methyl sites for hydroxylation is 2. The molecule has 5 nitrogen and oxygen atoms in total. The predicted molar refractivity (Wildman–Crippen MR) is 127 cm³/mol. The van der Waals surface area contributed by atoms with Gasteiger partial charge in [-0.3, -0.25) is 9.69 Å². The molecule has 180 valence electrons. The van der Waals surface area contributed by atoms with Crippen LogP contribution < -0.4 is 0 Å². The van der Waals surface area contributed by atoms with E-state index < -0.39 is 12.1 Å². The molecule has 33 heavy (non-hydrogen) atoms. The highest BCUT2D eigenvalue weighted by Gasteiger charge is 2.31. The lowest BCUT2D eigenvalue weighted by atomic mass is 9.99. The van der Waals surface area contributed by atoms with Gasteiger partial charge in [0.1, 0.15) is 5.82 Å². The Morgan fingerprint density at radius 2 is 2.03 bits per heavy atom. The first-order valence-corrected chi connectivity index (χ1v) is 11.8. The number of carboxylic acids is 1. The van der Waals surface area contributed by atoms with Gasteiger partial charge < -0.3 is 14.9 Å². The van der Waals surface area contributed by atoms with Crippen LogP contribution in [-0.2, 0) is 22.4 Å². The van der Waals surface area contributed by atoms with E-state index in [4.69, 9.17) is 9.84 Å². The Bertz CT molecular complexity index is 934. The van der Waals surface area contributed by atoms with Gasteiger partial charge in [0.2, 0.25) is 0 Å². The summed E-state index contributed by atoms with van der Waals surface area (Å²) in [6.07, 6.45) is 1.44. The first-order valence-electron chi connectivity index (χ1n) is 11.8. The van der Waals surface area contributed by atoms with Gasteiger partial charge in [0.15, 0.2) is 0 Å². The molecule has 2 aromatic carbocycles. The van der Waals surface area contributed by atoms with Crippen molar-refractivity contribution in [2.24, 2.45) is 5.92 Å². The summed E-state index contributed by atoms with van der Waals surface area (Å²) in [6, 6.07) is 13.4. The van der Waals surface area contributed by atoms with E-state index in [9.17, 15) is 14.3 Å². The number of nitrogens with zero attached hydrogens (tertiary/aromatic N) is 1. The van der Waals surface area contributed by atoms with Gasteiger partial charge in [-0.1, -0.05) is 43.3 Å². The lowest BCUT2D eigenvalue weighted by molar-refractivity contribution is -0.136. The van der Waals surface area contributed by atoms with Crippen LogP contribution in [0.4, 0.5) is 4.39 Å². The maximum Gasteiger partial charge on any atom is 0.303 e. The standard InChI is InChI=1S/C27H36FNO4/c1-18-12-23(13-21-9-8-19(2)26(28)14-21)29(15-18)16-24(30)17-33-20(3)25-7-5-4-6-22(25)10-11-27(31)32/h4-9,14,18,20,23-24,30H,10-13,15-17H2,1-3H3,(H,31,32)/t18-,20?,23+,24-/m1/s1. The predicted octanol–water partition coefficient (Wildman–Crippen LogP) is 4.54. The summed E-state index contributed by atoms with van der Waals surface area (Å²) in [5, 5.41) is 19.7. The Kier molecular flexibility index (Phi) is 9.01. The van der Waals surface area contributed by atoms with Crippen LogP contribution in [0.2, 0.25) is 0 Å². The lowest BCUT2D eigenvalue weighted by Gasteiger charge is -2.28. The van der Waals surface area contributed by atoms with Gasteiger partial charge >= 0.3 is 5.97 Å². The molecule has 2 N–H and O–H groups in total. The third kappa shape index (κ3) is 7.36. The van der Waals surface area contributed by atoms with Crippen molar-refractivity contribution >= 4 is 5.97 Å². The summed E-state index contributed by atoms with van der Waals surface area (Å²) in [4.78, 5) is 13.2. The van der Waals surface area contributed by atoms with Crippen LogP contribution in [0, 0.1) is 18.7 Å². The average Bonchev–Trinajstić information content (AvgIpc) is 3.11. The van der Waals surface area contributed by atoms with Crippen molar-refractivity contribution in [2.45, 2.75) is 64.7 Å². The van der Waals surface area contributed by atoms with Crippen molar-refractivity contribution in [3.63, 3.8) is 0 Å². The van der Waals surface area contributed by atoms with E-state index in [1.807, 2.05) is 43.3 Å². The highest BCUT2D eigenvalue weighted by molar-refractivity contribution is 5.67. The minimum Gasteiger partial charge on any atom is -0.481 e. The SMILES string of the molecule is Cc1ccc(C[C@@H]2C[C@@H](C)CN2C[C@@H](O)COC(C)c2ccccc2CCC(=O)O)cc1F. The second kappa shape index (κ2) is 11.7. The van der Waals surface area contributed by atoms with Crippen molar-refractivity contribution in [2.75, 3.05) is 19.7 Å². The van der Waals surface area contributed by atoms with Gasteiger partial charge in [0.25, 0.3) is 0 Å². The van der Waals surface area contributed by atoms with Gasteiger partial charge in [-0.05, 0) is 67.3 Å². The number of aliphatic carboxylic acids is 1. The molecule has 0 aliphatic carbocycles. The topological polar surface area (TPSA) is 70.0 Å². The maximum atomic E-state index is 14.0. The third-order valence-corrected chi connectivity index (χ3v) is 6.53.